The van der Waals surface area contributed by atoms with Gasteiger partial charge in [-0.3, -0.25) is 4.79 Å². The van der Waals surface area contributed by atoms with E-state index in [9.17, 15) is 4.79 Å². The lowest BCUT2D eigenvalue weighted by atomic mass is 9.84. The van der Waals surface area contributed by atoms with Crippen LogP contribution in [0.4, 0.5) is 0 Å². The third kappa shape index (κ3) is 2.44. The van der Waals surface area contributed by atoms with Crippen molar-refractivity contribution in [1.82, 2.24) is 10.2 Å². The molecule has 1 fully saturated rings. The molecule has 0 saturated heterocycles. The van der Waals surface area contributed by atoms with Gasteiger partial charge in [-0.1, -0.05) is 12.8 Å². The molecule has 0 aromatic rings. The van der Waals surface area contributed by atoms with E-state index >= 15 is 0 Å². The molecule has 0 aliphatic heterocycles. The van der Waals surface area contributed by atoms with E-state index in [0.717, 1.165) is 12.8 Å². The Morgan fingerprint density at radius 1 is 1.46 bits per heavy atom. The first-order valence-corrected chi connectivity index (χ1v) is 4.91. The van der Waals surface area contributed by atoms with Crippen molar-refractivity contribution in [2.24, 2.45) is 5.92 Å². The molecule has 0 aromatic heterocycles. The van der Waals surface area contributed by atoms with Gasteiger partial charge >= 0.3 is 0 Å². The van der Waals surface area contributed by atoms with Gasteiger partial charge in [0.15, 0.2) is 0 Å². The minimum Gasteiger partial charge on any atom is -0.349 e. The highest BCUT2D eigenvalue weighted by Gasteiger charge is 2.31. The van der Waals surface area contributed by atoms with Gasteiger partial charge in [-0.15, -0.1) is 0 Å². The van der Waals surface area contributed by atoms with E-state index in [1.807, 2.05) is 21.1 Å². The van der Waals surface area contributed by atoms with Crippen molar-refractivity contribution in [1.29, 1.82) is 0 Å². The van der Waals surface area contributed by atoms with E-state index in [1.54, 1.807) is 4.90 Å². The van der Waals surface area contributed by atoms with Crippen molar-refractivity contribution in [2.75, 3.05) is 21.1 Å². The number of carbonyl (C=O) groups is 1. The van der Waals surface area contributed by atoms with Crippen LogP contribution in [-0.4, -0.2) is 32.0 Å². The number of rotatable bonds is 2. The third-order valence-electron chi connectivity index (χ3n) is 2.67. The molecule has 1 amide bonds. The summed E-state index contributed by atoms with van der Waals surface area (Å²) in [5.41, 5.74) is 0. The maximum atomic E-state index is 11.7. The number of hydrogen-bond donors (Lipinski definition) is 1. The summed E-state index contributed by atoms with van der Waals surface area (Å²) in [5.74, 6) is 0.359. The van der Waals surface area contributed by atoms with Crippen molar-refractivity contribution in [3.8, 4) is 0 Å². The molecule has 1 aliphatic carbocycles. The van der Waals surface area contributed by atoms with Gasteiger partial charge in [0.2, 0.25) is 5.91 Å². The Labute approximate surface area is 80.5 Å². The summed E-state index contributed by atoms with van der Waals surface area (Å²) in [6.45, 7) is 0. The molecule has 0 aromatic carbocycles. The first kappa shape index (κ1) is 10.5. The molecule has 1 rings (SSSR count). The molecule has 3 nitrogen and oxygen atoms in total. The van der Waals surface area contributed by atoms with Crippen LogP contribution < -0.4 is 5.32 Å². The van der Waals surface area contributed by atoms with Crippen molar-refractivity contribution >= 4 is 5.91 Å². The largest absolute Gasteiger partial charge is 0.349 e. The number of amides is 1. The molecule has 1 saturated carbocycles. The van der Waals surface area contributed by atoms with Crippen LogP contribution in [-0.2, 0) is 4.79 Å². The maximum Gasteiger partial charge on any atom is 0.227 e. The SMILES string of the molecule is CN[C]1CCCCC1C(=O)N(C)C. The summed E-state index contributed by atoms with van der Waals surface area (Å²) >= 11 is 0. The molecule has 1 atom stereocenters. The average molecular weight is 183 g/mol. The van der Waals surface area contributed by atoms with Gasteiger partial charge in [-0.25, -0.2) is 0 Å². The molecule has 3 heteroatoms. The van der Waals surface area contributed by atoms with E-state index in [2.05, 4.69) is 5.32 Å². The van der Waals surface area contributed by atoms with Crippen LogP contribution in [0.15, 0.2) is 0 Å². The number of nitrogens with zero attached hydrogens (tertiary/aromatic N) is 1. The van der Waals surface area contributed by atoms with Crippen LogP contribution in [0.3, 0.4) is 0 Å². The second-order valence-corrected chi connectivity index (χ2v) is 3.81. The van der Waals surface area contributed by atoms with Crippen LogP contribution >= 0.6 is 0 Å². The highest BCUT2D eigenvalue weighted by Crippen LogP contribution is 2.30. The maximum absolute atomic E-state index is 11.7. The summed E-state index contributed by atoms with van der Waals surface area (Å²) in [7, 11) is 5.56. The molecule has 75 valence electrons. The highest BCUT2D eigenvalue weighted by atomic mass is 16.2. The van der Waals surface area contributed by atoms with Crippen LogP contribution in [0.25, 0.3) is 0 Å². The fraction of sp³-hybridized carbons (Fsp3) is 0.800. The lowest BCUT2D eigenvalue weighted by molar-refractivity contribution is -0.133. The van der Waals surface area contributed by atoms with Crippen molar-refractivity contribution in [3.05, 3.63) is 6.04 Å². The number of carbonyl (C=O) groups excluding carboxylic acids is 1. The second-order valence-electron chi connectivity index (χ2n) is 3.81. The zero-order chi connectivity index (χ0) is 9.84. The van der Waals surface area contributed by atoms with Gasteiger partial charge in [-0.2, -0.15) is 0 Å². The molecule has 1 radical (unpaired) electrons. The Balaban J connectivity index is 2.58. The van der Waals surface area contributed by atoms with E-state index in [1.165, 1.54) is 18.9 Å². The topological polar surface area (TPSA) is 32.3 Å². The summed E-state index contributed by atoms with van der Waals surface area (Å²) in [4.78, 5) is 13.4. The fourth-order valence-electron chi connectivity index (χ4n) is 1.90. The predicted molar refractivity (Wildman–Crippen MR) is 53.0 cm³/mol. The Morgan fingerprint density at radius 3 is 2.69 bits per heavy atom. The van der Waals surface area contributed by atoms with Crippen molar-refractivity contribution in [2.45, 2.75) is 25.7 Å². The summed E-state index contributed by atoms with van der Waals surface area (Å²) in [6.07, 6.45) is 4.46. The molecule has 0 spiro atoms. The molecule has 13 heavy (non-hydrogen) atoms. The zero-order valence-electron chi connectivity index (χ0n) is 8.76. The molecular formula is C10H19N2O. The quantitative estimate of drug-likeness (QED) is 0.693. The molecule has 1 aliphatic rings. The average Bonchev–Trinajstić information content (AvgIpc) is 2.16. The molecular weight excluding hydrogens is 164 g/mol. The normalized spacial score (nSPS) is 24.4. The third-order valence-corrected chi connectivity index (χ3v) is 2.67. The van der Waals surface area contributed by atoms with Gasteiger partial charge in [0.1, 0.15) is 0 Å². The van der Waals surface area contributed by atoms with Crippen molar-refractivity contribution < 1.29 is 4.79 Å². The minimum atomic E-state index is 0.119. The summed E-state index contributed by atoms with van der Waals surface area (Å²) < 4.78 is 0. The Hall–Kier alpha value is -0.570. The Bertz CT molecular complexity index is 180. The Kier molecular flexibility index (Phi) is 3.72. The first-order chi connectivity index (χ1) is 6.16. The van der Waals surface area contributed by atoms with Crippen LogP contribution in [0.2, 0.25) is 0 Å². The van der Waals surface area contributed by atoms with Crippen LogP contribution in [0, 0.1) is 12.0 Å². The molecule has 1 unspecified atom stereocenters. The highest BCUT2D eigenvalue weighted by molar-refractivity contribution is 5.80. The first-order valence-electron chi connectivity index (χ1n) is 4.91. The number of hydrogen-bond acceptors (Lipinski definition) is 2. The zero-order valence-corrected chi connectivity index (χ0v) is 8.76. The lowest BCUT2D eigenvalue weighted by Gasteiger charge is -2.31. The summed E-state index contributed by atoms with van der Waals surface area (Å²) in [5, 5.41) is 3.16. The standard InChI is InChI=1S/C10H19N2O/c1-11-9-7-5-4-6-8(9)10(13)12(2)3/h8,11H,4-7H2,1-3H3. The van der Waals surface area contributed by atoms with Crippen molar-refractivity contribution in [3.63, 3.8) is 0 Å². The van der Waals surface area contributed by atoms with Gasteiger partial charge in [0, 0.05) is 20.1 Å². The van der Waals surface area contributed by atoms with E-state index in [4.69, 9.17) is 0 Å². The number of nitrogens with one attached hydrogen (secondary N) is 1. The van der Waals surface area contributed by atoms with Crippen LogP contribution in [0.1, 0.15) is 25.7 Å². The van der Waals surface area contributed by atoms with Crippen LogP contribution in [0.5, 0.6) is 0 Å². The second kappa shape index (κ2) is 4.61. The Morgan fingerprint density at radius 2 is 2.15 bits per heavy atom. The van der Waals surface area contributed by atoms with E-state index in [-0.39, 0.29) is 11.8 Å². The molecule has 0 heterocycles. The molecule has 1 N–H and O–H groups in total. The van der Waals surface area contributed by atoms with Gasteiger partial charge in [0.25, 0.3) is 0 Å². The predicted octanol–water partition coefficient (Wildman–Crippen LogP) is 1.02. The van der Waals surface area contributed by atoms with Gasteiger partial charge in [-0.05, 0) is 19.9 Å². The summed E-state index contributed by atoms with van der Waals surface area (Å²) in [6, 6.07) is 1.21. The monoisotopic (exact) mass is 183 g/mol. The minimum absolute atomic E-state index is 0.119. The van der Waals surface area contributed by atoms with E-state index < -0.39 is 0 Å². The molecule has 0 bridgehead atoms. The van der Waals surface area contributed by atoms with E-state index in [0.29, 0.717) is 0 Å². The smallest absolute Gasteiger partial charge is 0.227 e. The lowest BCUT2D eigenvalue weighted by Crippen LogP contribution is -2.39. The van der Waals surface area contributed by atoms with Gasteiger partial charge < -0.3 is 10.2 Å². The fourth-order valence-corrected chi connectivity index (χ4v) is 1.90. The van der Waals surface area contributed by atoms with Gasteiger partial charge in [0.05, 0.1) is 5.92 Å².